The smallest absolute Gasteiger partial charge is 0.333 e. The van der Waals surface area contributed by atoms with E-state index in [9.17, 15) is 18.0 Å². The highest BCUT2D eigenvalue weighted by Gasteiger charge is 2.39. The van der Waals surface area contributed by atoms with Crippen molar-refractivity contribution in [2.75, 3.05) is 13.2 Å². The largest absolute Gasteiger partial charge is 0.464 e. The highest BCUT2D eigenvalue weighted by atomic mass is 35.5. The van der Waals surface area contributed by atoms with Crippen LogP contribution in [0.2, 0.25) is 10.0 Å². The predicted octanol–water partition coefficient (Wildman–Crippen LogP) is 3.66. The van der Waals surface area contributed by atoms with E-state index < -0.39 is 38.3 Å². The van der Waals surface area contributed by atoms with E-state index in [-0.39, 0.29) is 23.2 Å². The molecule has 0 aliphatic heterocycles. The number of ether oxygens (including phenoxy) is 1. The van der Waals surface area contributed by atoms with E-state index in [0.717, 1.165) is 0 Å². The van der Waals surface area contributed by atoms with Gasteiger partial charge in [0.05, 0.1) is 11.9 Å². The minimum absolute atomic E-state index is 0.102. The highest BCUT2D eigenvalue weighted by Crippen LogP contribution is 2.29. The lowest BCUT2D eigenvalue weighted by Crippen LogP contribution is -2.47. The van der Waals surface area contributed by atoms with Crippen LogP contribution in [0.25, 0.3) is 0 Å². The van der Waals surface area contributed by atoms with Crippen molar-refractivity contribution in [3.63, 3.8) is 0 Å². The van der Waals surface area contributed by atoms with Gasteiger partial charge < -0.3 is 9.64 Å². The van der Waals surface area contributed by atoms with Gasteiger partial charge in [-0.25, -0.2) is 13.2 Å². The van der Waals surface area contributed by atoms with E-state index in [4.69, 9.17) is 27.9 Å². The van der Waals surface area contributed by atoms with Crippen LogP contribution in [0.4, 0.5) is 0 Å². The first-order chi connectivity index (χ1) is 12.5. The monoisotopic (exact) mass is 437 g/mol. The summed E-state index contributed by atoms with van der Waals surface area (Å²) in [6.45, 7) is 7.85. The van der Waals surface area contributed by atoms with Crippen molar-refractivity contribution in [1.29, 1.82) is 0 Å². The molecule has 0 saturated heterocycles. The second kappa shape index (κ2) is 9.75. The molecule has 1 amide bonds. The normalized spacial score (nSPS) is 13.9. The molecule has 1 rings (SSSR count). The predicted molar refractivity (Wildman–Crippen MR) is 107 cm³/mol. The summed E-state index contributed by atoms with van der Waals surface area (Å²) in [6, 6.07) is 3.36. The SMILES string of the molecule is CCOC(=O)[C@H](c1cc(Cl)cc(Cl)c1)N(CC)C(=O)[C@H](C)S(=O)(=O)C(C)C. The van der Waals surface area contributed by atoms with Gasteiger partial charge in [-0.3, -0.25) is 4.79 Å². The maximum absolute atomic E-state index is 13.0. The van der Waals surface area contributed by atoms with Gasteiger partial charge in [-0.15, -0.1) is 0 Å². The second-order valence-corrected chi connectivity index (χ2v) is 9.96. The number of carbonyl (C=O) groups is 2. The molecule has 0 N–H and O–H groups in total. The number of amides is 1. The maximum Gasteiger partial charge on any atom is 0.333 e. The molecule has 2 atom stereocenters. The number of likely N-dealkylation sites (N-methyl/N-ethyl adjacent to an activating group) is 1. The van der Waals surface area contributed by atoms with Gasteiger partial charge in [0.15, 0.2) is 15.9 Å². The lowest BCUT2D eigenvalue weighted by atomic mass is 10.0. The van der Waals surface area contributed by atoms with Crippen molar-refractivity contribution < 1.29 is 22.7 Å². The lowest BCUT2D eigenvalue weighted by Gasteiger charge is -2.32. The van der Waals surface area contributed by atoms with Crippen molar-refractivity contribution in [2.45, 2.75) is 51.2 Å². The summed E-state index contributed by atoms with van der Waals surface area (Å²) in [4.78, 5) is 26.8. The fourth-order valence-electron chi connectivity index (χ4n) is 2.65. The van der Waals surface area contributed by atoms with Gasteiger partial charge >= 0.3 is 5.97 Å². The number of benzene rings is 1. The van der Waals surface area contributed by atoms with Crippen molar-refractivity contribution in [2.24, 2.45) is 0 Å². The first-order valence-corrected chi connectivity index (χ1v) is 11.0. The van der Waals surface area contributed by atoms with Crippen LogP contribution >= 0.6 is 23.2 Å². The van der Waals surface area contributed by atoms with E-state index in [2.05, 4.69) is 0 Å². The zero-order valence-corrected chi connectivity index (χ0v) is 18.4. The number of carbonyl (C=O) groups excluding carboxylic acids is 2. The molecule has 152 valence electrons. The number of halogens is 2. The summed E-state index contributed by atoms with van der Waals surface area (Å²) in [5, 5.41) is -1.45. The average Bonchev–Trinajstić information content (AvgIpc) is 2.57. The lowest BCUT2D eigenvalue weighted by molar-refractivity contribution is -0.155. The third-order valence-electron chi connectivity index (χ3n) is 4.14. The minimum Gasteiger partial charge on any atom is -0.464 e. The number of esters is 1. The molecule has 0 aliphatic carbocycles. The van der Waals surface area contributed by atoms with Crippen molar-refractivity contribution in [1.82, 2.24) is 4.90 Å². The summed E-state index contributed by atoms with van der Waals surface area (Å²) < 4.78 is 30.0. The Bertz CT molecular complexity index is 775. The Morgan fingerprint density at radius 2 is 1.59 bits per heavy atom. The number of hydrogen-bond donors (Lipinski definition) is 0. The van der Waals surface area contributed by atoms with Gasteiger partial charge in [0.25, 0.3) is 0 Å². The van der Waals surface area contributed by atoms with Crippen LogP contribution in [0.3, 0.4) is 0 Å². The van der Waals surface area contributed by atoms with Crippen LogP contribution in [0.15, 0.2) is 18.2 Å². The number of hydrogen-bond acceptors (Lipinski definition) is 5. The van der Waals surface area contributed by atoms with Crippen LogP contribution in [0.5, 0.6) is 0 Å². The topological polar surface area (TPSA) is 80.8 Å². The molecule has 9 heteroatoms. The Labute approximate surface area is 170 Å². The van der Waals surface area contributed by atoms with E-state index in [0.29, 0.717) is 5.56 Å². The van der Waals surface area contributed by atoms with Crippen LogP contribution in [0, 0.1) is 0 Å². The first kappa shape index (κ1) is 23.7. The third-order valence-corrected chi connectivity index (χ3v) is 7.08. The Morgan fingerprint density at radius 3 is 2.00 bits per heavy atom. The molecular formula is C18H25Cl2NO5S. The van der Waals surface area contributed by atoms with Gasteiger partial charge in [-0.1, -0.05) is 23.2 Å². The molecule has 0 heterocycles. The quantitative estimate of drug-likeness (QED) is 0.579. The van der Waals surface area contributed by atoms with Crippen molar-refractivity contribution >= 4 is 44.9 Å². The van der Waals surface area contributed by atoms with Crippen LogP contribution in [0.1, 0.15) is 46.2 Å². The Morgan fingerprint density at radius 1 is 1.07 bits per heavy atom. The van der Waals surface area contributed by atoms with Gasteiger partial charge in [-0.05, 0) is 58.4 Å². The van der Waals surface area contributed by atoms with Crippen molar-refractivity contribution in [3.05, 3.63) is 33.8 Å². The van der Waals surface area contributed by atoms with E-state index >= 15 is 0 Å². The Hall–Kier alpha value is -1.31. The third kappa shape index (κ3) is 5.59. The molecule has 27 heavy (non-hydrogen) atoms. The second-order valence-electron chi connectivity index (χ2n) is 6.26. The van der Waals surface area contributed by atoms with Gasteiger partial charge in [-0.2, -0.15) is 0 Å². The molecule has 0 unspecified atom stereocenters. The van der Waals surface area contributed by atoms with Crippen molar-refractivity contribution in [3.8, 4) is 0 Å². The fraction of sp³-hybridized carbons (Fsp3) is 0.556. The molecule has 0 fully saturated rings. The summed E-state index contributed by atoms with van der Waals surface area (Å²) in [5.74, 6) is -1.36. The molecule has 1 aromatic carbocycles. The molecule has 0 saturated carbocycles. The number of rotatable bonds is 8. The molecule has 1 aromatic rings. The van der Waals surface area contributed by atoms with Gasteiger partial charge in [0.2, 0.25) is 5.91 Å². The molecule has 0 radical (unpaired) electrons. The first-order valence-electron chi connectivity index (χ1n) is 8.63. The average molecular weight is 438 g/mol. The fourth-order valence-corrected chi connectivity index (χ4v) is 4.42. The number of sulfone groups is 1. The minimum atomic E-state index is -3.70. The summed E-state index contributed by atoms with van der Waals surface area (Å²) in [6.07, 6.45) is 0. The van der Waals surface area contributed by atoms with E-state index in [1.165, 1.54) is 43.9 Å². The molecule has 6 nitrogen and oxygen atoms in total. The Kier molecular flexibility index (Phi) is 8.57. The Balaban J connectivity index is 3.44. The summed E-state index contributed by atoms with van der Waals surface area (Å²) in [7, 11) is -3.70. The number of nitrogens with zero attached hydrogens (tertiary/aromatic N) is 1. The zero-order chi connectivity index (χ0) is 20.9. The molecule has 0 aromatic heterocycles. The van der Waals surface area contributed by atoms with Gasteiger partial charge in [0.1, 0.15) is 5.25 Å². The highest BCUT2D eigenvalue weighted by molar-refractivity contribution is 7.93. The van der Waals surface area contributed by atoms with E-state index in [1.54, 1.807) is 13.8 Å². The van der Waals surface area contributed by atoms with Crippen LogP contribution in [-0.4, -0.2) is 48.8 Å². The molecule has 0 bridgehead atoms. The summed E-state index contributed by atoms with van der Waals surface area (Å²) in [5.41, 5.74) is 0.357. The van der Waals surface area contributed by atoms with Crippen LogP contribution < -0.4 is 0 Å². The molecule has 0 spiro atoms. The molecule has 0 aliphatic rings. The van der Waals surface area contributed by atoms with Crippen LogP contribution in [-0.2, 0) is 24.2 Å². The summed E-state index contributed by atoms with van der Waals surface area (Å²) >= 11 is 12.1. The molecular weight excluding hydrogens is 413 g/mol. The zero-order valence-electron chi connectivity index (χ0n) is 16.0. The standard InChI is InChI=1S/C18H25Cl2NO5S/c1-6-21(17(22)12(5)27(24,25)11(3)4)16(18(23)26-7-2)13-8-14(19)10-15(20)9-13/h8-12,16H,6-7H2,1-5H3/t12-,16-/m0/s1. The van der Waals surface area contributed by atoms with Gasteiger partial charge in [0, 0.05) is 16.6 Å². The van der Waals surface area contributed by atoms with E-state index in [1.807, 2.05) is 0 Å². The maximum atomic E-state index is 13.0.